The van der Waals surface area contributed by atoms with Crippen LogP contribution in [0, 0.1) is 10.1 Å². The topological polar surface area (TPSA) is 97.2 Å². The third-order valence-electron chi connectivity index (χ3n) is 2.71. The second-order valence-electron chi connectivity index (χ2n) is 4.19. The van der Waals surface area contributed by atoms with Gasteiger partial charge < -0.3 is 10.6 Å². The van der Waals surface area contributed by atoms with Crippen LogP contribution in [0.2, 0.25) is 0 Å². The van der Waals surface area contributed by atoms with Gasteiger partial charge in [0.05, 0.1) is 10.5 Å². The molecule has 0 radical (unpaired) electrons. The number of non-ortho nitro benzene ring substituents is 1. The Bertz CT molecular complexity index is 673. The molecule has 1 aromatic carbocycles. The van der Waals surface area contributed by atoms with E-state index in [9.17, 15) is 14.9 Å². The molecule has 108 valence electrons. The summed E-state index contributed by atoms with van der Waals surface area (Å²) in [5.74, 6) is 0.0995. The largest absolute Gasteiger partial charge is 0.370 e. The quantitative estimate of drug-likeness (QED) is 0.650. The Balaban J connectivity index is 2.22. The molecular formula is C14H14N4O3. The van der Waals surface area contributed by atoms with Crippen LogP contribution in [-0.2, 0) is 0 Å². The number of nitro groups is 1. The molecule has 0 fully saturated rings. The SMILES string of the molecule is CCNc1ncccc1C(=O)Nc1cccc([N+](=O)[O-])c1. The molecule has 0 aliphatic carbocycles. The number of carbonyl (C=O) groups excluding carboxylic acids is 1. The predicted molar refractivity (Wildman–Crippen MR) is 79.5 cm³/mol. The van der Waals surface area contributed by atoms with Crippen molar-refractivity contribution in [2.24, 2.45) is 0 Å². The van der Waals surface area contributed by atoms with E-state index in [4.69, 9.17) is 0 Å². The first-order valence-corrected chi connectivity index (χ1v) is 6.36. The highest BCUT2D eigenvalue weighted by molar-refractivity contribution is 6.07. The van der Waals surface area contributed by atoms with E-state index < -0.39 is 4.92 Å². The lowest BCUT2D eigenvalue weighted by atomic mass is 10.2. The van der Waals surface area contributed by atoms with Crippen LogP contribution >= 0.6 is 0 Å². The first-order chi connectivity index (χ1) is 10.1. The summed E-state index contributed by atoms with van der Waals surface area (Å²) in [4.78, 5) is 26.5. The fourth-order valence-corrected chi connectivity index (χ4v) is 1.79. The predicted octanol–water partition coefficient (Wildman–Crippen LogP) is 2.67. The summed E-state index contributed by atoms with van der Waals surface area (Å²) >= 11 is 0. The van der Waals surface area contributed by atoms with Crippen molar-refractivity contribution in [2.45, 2.75) is 6.92 Å². The van der Waals surface area contributed by atoms with Gasteiger partial charge in [0.1, 0.15) is 5.82 Å². The Hall–Kier alpha value is -2.96. The highest BCUT2D eigenvalue weighted by Gasteiger charge is 2.13. The summed E-state index contributed by atoms with van der Waals surface area (Å²) < 4.78 is 0. The van der Waals surface area contributed by atoms with Crippen molar-refractivity contribution in [3.05, 3.63) is 58.3 Å². The number of hydrogen-bond donors (Lipinski definition) is 2. The van der Waals surface area contributed by atoms with Crippen molar-refractivity contribution in [1.82, 2.24) is 4.98 Å². The highest BCUT2D eigenvalue weighted by Crippen LogP contribution is 2.19. The number of nitro benzene ring substituents is 1. The van der Waals surface area contributed by atoms with Gasteiger partial charge in [0.2, 0.25) is 0 Å². The molecule has 0 unspecified atom stereocenters. The fraction of sp³-hybridized carbons (Fsp3) is 0.143. The molecule has 1 aromatic heterocycles. The van der Waals surface area contributed by atoms with Crippen LogP contribution in [-0.4, -0.2) is 22.4 Å². The zero-order valence-corrected chi connectivity index (χ0v) is 11.4. The summed E-state index contributed by atoms with van der Waals surface area (Å²) in [6.07, 6.45) is 1.59. The molecule has 0 saturated heterocycles. The van der Waals surface area contributed by atoms with Gasteiger partial charge in [-0.2, -0.15) is 0 Å². The second kappa shape index (κ2) is 6.47. The summed E-state index contributed by atoms with van der Waals surface area (Å²) in [6.45, 7) is 2.53. The van der Waals surface area contributed by atoms with Crippen molar-refractivity contribution >= 4 is 23.1 Å². The molecule has 2 N–H and O–H groups in total. The molecule has 0 spiro atoms. The minimum Gasteiger partial charge on any atom is -0.370 e. The maximum absolute atomic E-state index is 12.2. The molecule has 21 heavy (non-hydrogen) atoms. The van der Waals surface area contributed by atoms with Gasteiger partial charge >= 0.3 is 0 Å². The van der Waals surface area contributed by atoms with E-state index in [1.54, 1.807) is 24.4 Å². The number of amides is 1. The molecule has 0 saturated carbocycles. The number of nitrogens with zero attached hydrogens (tertiary/aromatic N) is 2. The summed E-state index contributed by atoms with van der Waals surface area (Å²) in [5, 5.41) is 16.3. The first kappa shape index (κ1) is 14.4. The number of pyridine rings is 1. The van der Waals surface area contributed by atoms with Gasteiger partial charge in [0.25, 0.3) is 11.6 Å². The van der Waals surface area contributed by atoms with Crippen LogP contribution in [0.4, 0.5) is 17.2 Å². The molecule has 0 atom stereocenters. The number of rotatable bonds is 5. The van der Waals surface area contributed by atoms with Gasteiger partial charge in [-0.15, -0.1) is 0 Å². The number of anilines is 2. The molecule has 0 aliphatic rings. The third kappa shape index (κ3) is 3.53. The Morgan fingerprint density at radius 2 is 2.14 bits per heavy atom. The second-order valence-corrected chi connectivity index (χ2v) is 4.19. The van der Waals surface area contributed by atoms with Crippen LogP contribution in [0.15, 0.2) is 42.6 Å². The molecule has 1 amide bonds. The lowest BCUT2D eigenvalue weighted by Gasteiger charge is -2.09. The molecular weight excluding hydrogens is 272 g/mol. The third-order valence-corrected chi connectivity index (χ3v) is 2.71. The Labute approximate surface area is 121 Å². The number of benzene rings is 1. The number of hydrogen-bond acceptors (Lipinski definition) is 5. The molecule has 2 rings (SSSR count). The van der Waals surface area contributed by atoms with Crippen molar-refractivity contribution in [3.63, 3.8) is 0 Å². The van der Waals surface area contributed by atoms with Crippen LogP contribution in [0.1, 0.15) is 17.3 Å². The zero-order chi connectivity index (χ0) is 15.2. The van der Waals surface area contributed by atoms with E-state index in [0.29, 0.717) is 23.6 Å². The Morgan fingerprint density at radius 3 is 2.86 bits per heavy atom. The van der Waals surface area contributed by atoms with Crippen molar-refractivity contribution in [3.8, 4) is 0 Å². The van der Waals surface area contributed by atoms with E-state index in [-0.39, 0.29) is 11.6 Å². The highest BCUT2D eigenvalue weighted by atomic mass is 16.6. The lowest BCUT2D eigenvalue weighted by Crippen LogP contribution is -2.15. The number of aromatic nitrogens is 1. The molecule has 1 heterocycles. The van der Waals surface area contributed by atoms with Crippen molar-refractivity contribution < 1.29 is 9.72 Å². The van der Waals surface area contributed by atoms with Gasteiger partial charge in [-0.1, -0.05) is 6.07 Å². The smallest absolute Gasteiger partial charge is 0.271 e. The van der Waals surface area contributed by atoms with Gasteiger partial charge in [-0.05, 0) is 25.1 Å². The summed E-state index contributed by atoms with van der Waals surface area (Å²) in [5.41, 5.74) is 0.664. The average Bonchev–Trinajstić information content (AvgIpc) is 2.48. The fourth-order valence-electron chi connectivity index (χ4n) is 1.79. The number of carbonyl (C=O) groups is 1. The normalized spacial score (nSPS) is 9.95. The van der Waals surface area contributed by atoms with Crippen LogP contribution in [0.25, 0.3) is 0 Å². The minimum absolute atomic E-state index is 0.0779. The summed E-state index contributed by atoms with van der Waals surface area (Å²) in [7, 11) is 0. The Morgan fingerprint density at radius 1 is 1.33 bits per heavy atom. The first-order valence-electron chi connectivity index (χ1n) is 6.36. The van der Waals surface area contributed by atoms with Gasteiger partial charge in [-0.3, -0.25) is 14.9 Å². The monoisotopic (exact) mass is 286 g/mol. The molecule has 0 aliphatic heterocycles. The molecule has 0 bridgehead atoms. The van der Waals surface area contributed by atoms with Crippen LogP contribution < -0.4 is 10.6 Å². The van der Waals surface area contributed by atoms with Crippen LogP contribution in [0.5, 0.6) is 0 Å². The molecule has 7 nitrogen and oxygen atoms in total. The minimum atomic E-state index is -0.510. The van der Waals surface area contributed by atoms with Gasteiger partial charge in [0.15, 0.2) is 0 Å². The maximum atomic E-state index is 12.2. The molecule has 7 heteroatoms. The van der Waals surface area contributed by atoms with Gasteiger partial charge in [-0.25, -0.2) is 4.98 Å². The maximum Gasteiger partial charge on any atom is 0.271 e. The van der Waals surface area contributed by atoms with E-state index >= 15 is 0 Å². The average molecular weight is 286 g/mol. The van der Waals surface area contributed by atoms with Crippen LogP contribution in [0.3, 0.4) is 0 Å². The lowest BCUT2D eigenvalue weighted by molar-refractivity contribution is -0.384. The van der Waals surface area contributed by atoms with Crippen molar-refractivity contribution in [1.29, 1.82) is 0 Å². The van der Waals surface area contributed by atoms with Crippen molar-refractivity contribution in [2.75, 3.05) is 17.2 Å². The van der Waals surface area contributed by atoms with E-state index in [2.05, 4.69) is 15.6 Å². The zero-order valence-electron chi connectivity index (χ0n) is 11.4. The molecule has 2 aromatic rings. The van der Waals surface area contributed by atoms with E-state index in [1.165, 1.54) is 18.2 Å². The standard InChI is InChI=1S/C14H14N4O3/c1-2-15-13-12(7-4-8-16-13)14(19)17-10-5-3-6-11(9-10)18(20)21/h3-9H,2H2,1H3,(H,15,16)(H,17,19). The Kier molecular flexibility index (Phi) is 4.45. The summed E-state index contributed by atoms with van der Waals surface area (Å²) in [6, 6.07) is 9.07. The van der Waals surface area contributed by atoms with E-state index in [0.717, 1.165) is 0 Å². The van der Waals surface area contributed by atoms with E-state index in [1.807, 2.05) is 6.92 Å². The van der Waals surface area contributed by atoms with Gasteiger partial charge in [0, 0.05) is 30.6 Å². The number of nitrogens with one attached hydrogen (secondary N) is 2.